The Labute approximate surface area is 142 Å². The normalized spacial score (nSPS) is 14.1. The van der Waals surface area contributed by atoms with Gasteiger partial charge in [-0.2, -0.15) is 0 Å². The number of anilines is 1. The van der Waals surface area contributed by atoms with E-state index in [1.54, 1.807) is 27.9 Å². The Hall–Kier alpha value is -1.98. The highest BCUT2D eigenvalue weighted by atomic mass is 35.5. The molecule has 1 N–H and O–H groups in total. The van der Waals surface area contributed by atoms with Crippen LogP contribution in [0.5, 0.6) is 0 Å². The van der Waals surface area contributed by atoms with Crippen LogP contribution < -0.4 is 4.90 Å². The molecule has 1 aliphatic heterocycles. The van der Waals surface area contributed by atoms with Crippen LogP contribution in [0.15, 0.2) is 18.5 Å². The summed E-state index contributed by atoms with van der Waals surface area (Å²) in [5.41, 5.74) is 3.67. The lowest BCUT2D eigenvalue weighted by Gasteiger charge is -2.14. The van der Waals surface area contributed by atoms with Crippen LogP contribution in [0.2, 0.25) is 10.0 Å². The summed E-state index contributed by atoms with van der Waals surface area (Å²) in [6, 6.07) is 3.39. The Morgan fingerprint density at radius 1 is 1.35 bits per heavy atom. The molecule has 0 bridgehead atoms. The molecule has 5 nitrogen and oxygen atoms in total. The van der Waals surface area contributed by atoms with Gasteiger partial charge in [0, 0.05) is 10.4 Å². The van der Waals surface area contributed by atoms with Crippen molar-refractivity contribution >= 4 is 46.0 Å². The minimum absolute atomic E-state index is 0.127. The monoisotopic (exact) mass is 348 g/mol. The van der Waals surface area contributed by atoms with Gasteiger partial charge in [-0.1, -0.05) is 30.1 Å². The third-order valence-electron chi connectivity index (χ3n) is 4.34. The van der Waals surface area contributed by atoms with Crippen molar-refractivity contribution in [2.45, 2.75) is 26.8 Å². The number of halogens is 2. The number of amides is 1. The fourth-order valence-corrected chi connectivity index (χ4v) is 3.95. The van der Waals surface area contributed by atoms with Crippen LogP contribution in [0, 0.1) is 6.92 Å². The number of rotatable bonds is 2. The second kappa shape index (κ2) is 5.01. The number of benzene rings is 1. The Kier molecular flexibility index (Phi) is 3.18. The van der Waals surface area contributed by atoms with Gasteiger partial charge >= 0.3 is 6.03 Å². The van der Waals surface area contributed by atoms with Crippen LogP contribution in [0.4, 0.5) is 10.6 Å². The average Bonchev–Trinajstić information content (AvgIpc) is 3.13. The molecule has 0 saturated carbocycles. The highest BCUT2D eigenvalue weighted by Crippen LogP contribution is 2.39. The first kappa shape index (κ1) is 14.6. The molecule has 0 unspecified atom stereocenters. The standard InChI is InChI=1S/C16H14Cl2N4O/c1-3-10-13-6-21(15-8(2)19-7-20-15)16(23)22(13)12-5-9(17)4-11(18)14(10)12/h4-5,7H,3,6H2,1-2H3,(H,19,20). The second-order valence-electron chi connectivity index (χ2n) is 5.62. The van der Waals surface area contributed by atoms with Gasteiger partial charge in [0.2, 0.25) is 0 Å². The van der Waals surface area contributed by atoms with E-state index in [-0.39, 0.29) is 6.03 Å². The lowest BCUT2D eigenvalue weighted by Crippen LogP contribution is -2.26. The van der Waals surface area contributed by atoms with Crippen molar-refractivity contribution < 1.29 is 4.79 Å². The number of carbonyl (C=O) groups is 1. The summed E-state index contributed by atoms with van der Waals surface area (Å²) in [6.45, 7) is 4.44. The minimum Gasteiger partial charge on any atom is -0.347 e. The van der Waals surface area contributed by atoms with E-state index in [2.05, 4.69) is 16.9 Å². The molecule has 0 fully saturated rings. The number of nitrogens with one attached hydrogen (secondary N) is 1. The molecule has 3 aromatic rings. The molecule has 118 valence electrons. The van der Waals surface area contributed by atoms with Crippen LogP contribution >= 0.6 is 23.2 Å². The second-order valence-corrected chi connectivity index (χ2v) is 6.46. The smallest absolute Gasteiger partial charge is 0.335 e. The highest BCUT2D eigenvalue weighted by Gasteiger charge is 2.35. The van der Waals surface area contributed by atoms with E-state index in [9.17, 15) is 4.79 Å². The SMILES string of the molecule is CCc1c2n(c3cc(Cl)cc(Cl)c13)C(=O)N(c1nc[nH]c1C)C2. The van der Waals surface area contributed by atoms with Gasteiger partial charge in [0.1, 0.15) is 0 Å². The lowest BCUT2D eigenvalue weighted by molar-refractivity contribution is 0.251. The molecule has 1 amide bonds. The third-order valence-corrected chi connectivity index (χ3v) is 4.85. The van der Waals surface area contributed by atoms with Gasteiger partial charge in [-0.05, 0) is 31.0 Å². The number of aryl methyl sites for hydroxylation is 2. The van der Waals surface area contributed by atoms with Gasteiger partial charge in [-0.15, -0.1) is 0 Å². The van der Waals surface area contributed by atoms with Crippen molar-refractivity contribution in [1.82, 2.24) is 14.5 Å². The fraction of sp³-hybridized carbons (Fsp3) is 0.250. The summed E-state index contributed by atoms with van der Waals surface area (Å²) in [6.07, 6.45) is 2.39. The molecule has 3 heterocycles. The van der Waals surface area contributed by atoms with Crippen molar-refractivity contribution in [3.8, 4) is 0 Å². The zero-order valence-electron chi connectivity index (χ0n) is 12.7. The molecule has 23 heavy (non-hydrogen) atoms. The molecule has 0 atom stereocenters. The number of imidazole rings is 1. The molecule has 0 spiro atoms. The largest absolute Gasteiger partial charge is 0.347 e. The van der Waals surface area contributed by atoms with Crippen LogP contribution in [-0.2, 0) is 13.0 Å². The maximum absolute atomic E-state index is 13.0. The van der Waals surface area contributed by atoms with E-state index in [1.807, 2.05) is 6.92 Å². The molecule has 7 heteroatoms. The number of nitrogens with zero attached hydrogens (tertiary/aromatic N) is 3. The molecule has 2 aromatic heterocycles. The Bertz CT molecular complexity index is 957. The van der Waals surface area contributed by atoms with Crippen molar-refractivity contribution in [2.24, 2.45) is 0 Å². The van der Waals surface area contributed by atoms with Crippen molar-refractivity contribution in [1.29, 1.82) is 0 Å². The Morgan fingerprint density at radius 3 is 2.78 bits per heavy atom. The Balaban J connectivity index is 1.97. The fourth-order valence-electron chi connectivity index (χ4n) is 3.35. The number of hydrogen-bond acceptors (Lipinski definition) is 2. The van der Waals surface area contributed by atoms with Crippen LogP contribution in [0.25, 0.3) is 10.9 Å². The van der Waals surface area contributed by atoms with Gasteiger partial charge in [-0.3, -0.25) is 9.47 Å². The first-order valence-electron chi connectivity index (χ1n) is 7.36. The van der Waals surface area contributed by atoms with Gasteiger partial charge in [0.05, 0.1) is 34.8 Å². The van der Waals surface area contributed by atoms with Gasteiger partial charge in [0.15, 0.2) is 5.82 Å². The third kappa shape index (κ3) is 1.93. The van der Waals surface area contributed by atoms with Gasteiger partial charge < -0.3 is 4.98 Å². The summed E-state index contributed by atoms with van der Waals surface area (Å²) in [4.78, 5) is 21.9. The van der Waals surface area contributed by atoms with Crippen molar-refractivity contribution in [3.63, 3.8) is 0 Å². The zero-order chi connectivity index (χ0) is 16.3. The molecule has 0 saturated heterocycles. The summed E-state index contributed by atoms with van der Waals surface area (Å²) in [7, 11) is 0. The summed E-state index contributed by atoms with van der Waals surface area (Å²) in [5, 5.41) is 2.02. The van der Waals surface area contributed by atoms with Crippen LogP contribution in [-0.4, -0.2) is 20.6 Å². The number of carbonyl (C=O) groups excluding carboxylic acids is 1. The van der Waals surface area contributed by atoms with Crippen molar-refractivity contribution in [2.75, 3.05) is 4.90 Å². The lowest BCUT2D eigenvalue weighted by atomic mass is 10.1. The van der Waals surface area contributed by atoms with E-state index >= 15 is 0 Å². The van der Waals surface area contributed by atoms with Crippen LogP contribution in [0.1, 0.15) is 23.9 Å². The first-order valence-corrected chi connectivity index (χ1v) is 8.11. The molecular formula is C16H14Cl2N4O. The summed E-state index contributed by atoms with van der Waals surface area (Å²) in [5.74, 6) is 0.655. The van der Waals surface area contributed by atoms with Crippen LogP contribution in [0.3, 0.4) is 0 Å². The predicted molar refractivity (Wildman–Crippen MR) is 91.6 cm³/mol. The number of H-pyrrole nitrogens is 1. The summed E-state index contributed by atoms with van der Waals surface area (Å²) < 4.78 is 1.71. The van der Waals surface area contributed by atoms with E-state index in [0.29, 0.717) is 22.4 Å². The highest BCUT2D eigenvalue weighted by molar-refractivity contribution is 6.39. The minimum atomic E-state index is -0.127. The van der Waals surface area contributed by atoms with E-state index < -0.39 is 0 Å². The maximum atomic E-state index is 13.0. The van der Waals surface area contributed by atoms with Gasteiger partial charge in [0.25, 0.3) is 0 Å². The summed E-state index contributed by atoms with van der Waals surface area (Å²) >= 11 is 12.5. The van der Waals surface area contributed by atoms with Gasteiger partial charge in [-0.25, -0.2) is 9.78 Å². The topological polar surface area (TPSA) is 53.9 Å². The average molecular weight is 349 g/mol. The van der Waals surface area contributed by atoms with E-state index in [1.165, 1.54) is 0 Å². The van der Waals surface area contributed by atoms with E-state index in [4.69, 9.17) is 23.2 Å². The maximum Gasteiger partial charge on any atom is 0.335 e. The first-order chi connectivity index (χ1) is 11.0. The van der Waals surface area contributed by atoms with Crippen molar-refractivity contribution in [3.05, 3.63) is 45.5 Å². The predicted octanol–water partition coefficient (Wildman–Crippen LogP) is 4.53. The molecule has 0 aliphatic carbocycles. The quantitative estimate of drug-likeness (QED) is 0.739. The zero-order valence-corrected chi connectivity index (χ0v) is 14.2. The Morgan fingerprint density at radius 2 is 2.13 bits per heavy atom. The number of aromatic amines is 1. The molecule has 0 radical (unpaired) electrons. The molecule has 1 aliphatic rings. The number of aromatic nitrogens is 3. The number of fused-ring (bicyclic) bond motifs is 3. The van der Waals surface area contributed by atoms with E-state index in [0.717, 1.165) is 34.3 Å². The molecule has 4 rings (SSSR count). The molecule has 1 aromatic carbocycles. The molecular weight excluding hydrogens is 335 g/mol. The number of hydrogen-bond donors (Lipinski definition) is 1.